The van der Waals surface area contributed by atoms with Crippen molar-refractivity contribution in [3.8, 4) is 0 Å². The number of hydrogen-bond acceptors (Lipinski definition) is 3. The molecule has 0 fully saturated rings. The predicted molar refractivity (Wildman–Crippen MR) is 84.1 cm³/mol. The molecule has 3 aromatic rings. The van der Waals surface area contributed by atoms with E-state index in [2.05, 4.69) is 22.4 Å². The number of aromatic nitrogens is 3. The number of rotatable bonds is 2. The Kier molecular flexibility index (Phi) is 3.11. The van der Waals surface area contributed by atoms with Crippen LogP contribution >= 0.6 is 0 Å². The average Bonchev–Trinajstić information content (AvgIpc) is 3.15. The Balaban J connectivity index is 1.76. The number of carbonyl (C=O) groups excluding carboxylic acids is 1. The van der Waals surface area contributed by atoms with Gasteiger partial charge in [0.25, 0.3) is 5.91 Å². The topological polar surface area (TPSA) is 59.3 Å². The van der Waals surface area contributed by atoms with Crippen LogP contribution in [0.1, 0.15) is 40.9 Å². The van der Waals surface area contributed by atoms with Gasteiger partial charge in [-0.1, -0.05) is 6.92 Å². The van der Waals surface area contributed by atoms with Crippen molar-refractivity contribution in [2.75, 3.05) is 5.32 Å². The van der Waals surface area contributed by atoms with Crippen LogP contribution in [0.15, 0.2) is 36.7 Å². The Labute approximate surface area is 132 Å². The Hall–Kier alpha value is -2.76. The van der Waals surface area contributed by atoms with Crippen molar-refractivity contribution in [3.05, 3.63) is 59.3 Å². The molecular weight excluding hydrogens is 295 g/mol. The minimum Gasteiger partial charge on any atom is -0.322 e. The van der Waals surface area contributed by atoms with Crippen molar-refractivity contribution in [3.63, 3.8) is 0 Å². The number of benzene rings is 1. The Morgan fingerprint density at radius 1 is 1.35 bits per heavy atom. The van der Waals surface area contributed by atoms with Gasteiger partial charge < -0.3 is 5.32 Å². The van der Waals surface area contributed by atoms with E-state index in [4.69, 9.17) is 0 Å². The van der Waals surface area contributed by atoms with Crippen LogP contribution in [0.25, 0.3) is 5.65 Å². The molecule has 0 saturated carbocycles. The summed E-state index contributed by atoms with van der Waals surface area (Å²) in [7, 11) is 0. The summed E-state index contributed by atoms with van der Waals surface area (Å²) in [6.45, 7) is 2.16. The van der Waals surface area contributed by atoms with Crippen LogP contribution in [-0.4, -0.2) is 20.5 Å². The van der Waals surface area contributed by atoms with Gasteiger partial charge in [0.05, 0.1) is 5.56 Å². The number of anilines is 1. The number of nitrogens with zero attached hydrogens (tertiary/aromatic N) is 3. The molecular formula is C17H15FN4O. The molecule has 1 N–H and O–H groups in total. The molecule has 116 valence electrons. The molecule has 23 heavy (non-hydrogen) atoms. The molecule has 6 heteroatoms. The minimum atomic E-state index is -0.339. The van der Waals surface area contributed by atoms with Crippen LogP contribution in [0, 0.1) is 5.82 Å². The van der Waals surface area contributed by atoms with Crippen LogP contribution in [-0.2, 0) is 6.42 Å². The lowest BCUT2D eigenvalue weighted by Gasteiger charge is -2.11. The quantitative estimate of drug-likeness (QED) is 0.791. The fourth-order valence-electron chi connectivity index (χ4n) is 3.16. The van der Waals surface area contributed by atoms with Crippen LogP contribution in [0.2, 0.25) is 0 Å². The van der Waals surface area contributed by atoms with Gasteiger partial charge in [-0.15, -0.1) is 10.2 Å². The Bertz CT molecular complexity index is 901. The van der Waals surface area contributed by atoms with Gasteiger partial charge in [-0.25, -0.2) is 4.39 Å². The number of pyridine rings is 1. The first kappa shape index (κ1) is 13.9. The van der Waals surface area contributed by atoms with E-state index in [1.165, 1.54) is 35.5 Å². The van der Waals surface area contributed by atoms with Crippen molar-refractivity contribution >= 4 is 17.2 Å². The first-order valence-electron chi connectivity index (χ1n) is 7.56. The molecule has 2 aromatic heterocycles. The number of nitrogens with one attached hydrogen (secondary N) is 1. The number of hydrogen-bond donors (Lipinski definition) is 1. The van der Waals surface area contributed by atoms with Crippen molar-refractivity contribution in [2.45, 2.75) is 25.7 Å². The second kappa shape index (κ2) is 5.15. The highest BCUT2D eigenvalue weighted by Gasteiger charge is 2.25. The molecule has 1 aromatic carbocycles. The number of halogens is 1. The van der Waals surface area contributed by atoms with Gasteiger partial charge in [0.1, 0.15) is 12.1 Å². The number of carbonyl (C=O) groups is 1. The molecule has 1 unspecified atom stereocenters. The lowest BCUT2D eigenvalue weighted by Crippen LogP contribution is -2.15. The van der Waals surface area contributed by atoms with E-state index in [0.717, 1.165) is 12.8 Å². The van der Waals surface area contributed by atoms with Gasteiger partial charge >= 0.3 is 0 Å². The van der Waals surface area contributed by atoms with Crippen molar-refractivity contribution in [1.29, 1.82) is 0 Å². The van der Waals surface area contributed by atoms with E-state index in [0.29, 0.717) is 22.8 Å². The van der Waals surface area contributed by atoms with Crippen LogP contribution in [0.3, 0.4) is 0 Å². The lowest BCUT2D eigenvalue weighted by atomic mass is 10.0. The Morgan fingerprint density at radius 2 is 2.13 bits per heavy atom. The van der Waals surface area contributed by atoms with Gasteiger partial charge in [0.15, 0.2) is 5.65 Å². The third kappa shape index (κ3) is 2.27. The van der Waals surface area contributed by atoms with Crippen LogP contribution in [0.4, 0.5) is 10.1 Å². The summed E-state index contributed by atoms with van der Waals surface area (Å²) in [6, 6.07) is 7.60. The van der Waals surface area contributed by atoms with E-state index in [9.17, 15) is 9.18 Å². The van der Waals surface area contributed by atoms with E-state index < -0.39 is 0 Å². The second-order valence-electron chi connectivity index (χ2n) is 5.89. The SMILES string of the molecule is CC1CCc2c1cc(C(=O)Nc1ccc(F)cc1)c1nncn21. The average molecular weight is 310 g/mol. The van der Waals surface area contributed by atoms with Crippen LogP contribution in [0.5, 0.6) is 0 Å². The summed E-state index contributed by atoms with van der Waals surface area (Å²) in [5.41, 5.74) is 3.93. The monoisotopic (exact) mass is 310 g/mol. The predicted octanol–water partition coefficient (Wildman–Crippen LogP) is 3.17. The molecule has 1 amide bonds. The van der Waals surface area contributed by atoms with Crippen LogP contribution < -0.4 is 5.32 Å². The van der Waals surface area contributed by atoms with E-state index in [1.807, 2.05) is 10.5 Å². The molecule has 1 atom stereocenters. The zero-order valence-corrected chi connectivity index (χ0v) is 12.6. The third-order valence-corrected chi connectivity index (χ3v) is 4.40. The summed E-state index contributed by atoms with van der Waals surface area (Å²) >= 11 is 0. The normalized spacial score (nSPS) is 16.5. The standard InChI is InChI=1S/C17H15FN4O/c1-10-2-7-15-13(10)8-14(16-21-19-9-22(15)16)17(23)20-12-5-3-11(18)4-6-12/h3-6,8-10H,2,7H2,1H3,(H,20,23). The fourth-order valence-corrected chi connectivity index (χ4v) is 3.16. The highest BCUT2D eigenvalue weighted by Crippen LogP contribution is 2.34. The zero-order chi connectivity index (χ0) is 16.0. The maximum Gasteiger partial charge on any atom is 0.259 e. The smallest absolute Gasteiger partial charge is 0.259 e. The highest BCUT2D eigenvalue weighted by molar-refractivity contribution is 6.08. The molecule has 2 heterocycles. The molecule has 0 spiro atoms. The summed E-state index contributed by atoms with van der Waals surface area (Å²) in [5.74, 6) is -0.195. The van der Waals surface area contributed by atoms with Crippen molar-refractivity contribution in [2.24, 2.45) is 0 Å². The fraction of sp³-hybridized carbons (Fsp3) is 0.235. The largest absolute Gasteiger partial charge is 0.322 e. The molecule has 0 saturated heterocycles. The van der Waals surface area contributed by atoms with Gasteiger partial charge in [0, 0.05) is 11.4 Å². The molecule has 5 nitrogen and oxygen atoms in total. The van der Waals surface area contributed by atoms with Gasteiger partial charge in [0.2, 0.25) is 0 Å². The molecule has 0 radical (unpaired) electrons. The molecule has 0 aliphatic heterocycles. The van der Waals surface area contributed by atoms with E-state index in [-0.39, 0.29) is 11.7 Å². The maximum absolute atomic E-state index is 13.0. The maximum atomic E-state index is 13.0. The Morgan fingerprint density at radius 3 is 2.91 bits per heavy atom. The summed E-state index contributed by atoms with van der Waals surface area (Å²) < 4.78 is 14.9. The zero-order valence-electron chi connectivity index (χ0n) is 12.6. The first-order valence-corrected chi connectivity index (χ1v) is 7.56. The number of fused-ring (bicyclic) bond motifs is 3. The van der Waals surface area contributed by atoms with Crippen molar-refractivity contribution in [1.82, 2.24) is 14.6 Å². The molecule has 1 aliphatic rings. The number of amides is 1. The molecule has 0 bridgehead atoms. The first-order chi connectivity index (χ1) is 11.1. The highest BCUT2D eigenvalue weighted by atomic mass is 19.1. The third-order valence-electron chi connectivity index (χ3n) is 4.40. The minimum absolute atomic E-state index is 0.267. The van der Waals surface area contributed by atoms with Gasteiger partial charge in [-0.05, 0) is 54.7 Å². The summed E-state index contributed by atoms with van der Waals surface area (Å²) in [4.78, 5) is 12.6. The second-order valence-corrected chi connectivity index (χ2v) is 5.89. The molecule has 4 rings (SSSR count). The summed E-state index contributed by atoms with van der Waals surface area (Å²) in [5, 5.41) is 10.8. The summed E-state index contributed by atoms with van der Waals surface area (Å²) in [6.07, 6.45) is 3.68. The lowest BCUT2D eigenvalue weighted by molar-refractivity contribution is 0.102. The molecule has 1 aliphatic carbocycles. The number of aryl methyl sites for hydroxylation is 1. The van der Waals surface area contributed by atoms with Crippen molar-refractivity contribution < 1.29 is 9.18 Å². The van der Waals surface area contributed by atoms with Gasteiger partial charge in [-0.2, -0.15) is 0 Å². The van der Waals surface area contributed by atoms with Gasteiger partial charge in [-0.3, -0.25) is 9.20 Å². The van der Waals surface area contributed by atoms with E-state index >= 15 is 0 Å². The van der Waals surface area contributed by atoms with E-state index in [1.54, 1.807) is 6.33 Å².